The molecule has 1 aromatic carbocycles. The van der Waals surface area contributed by atoms with Crippen molar-refractivity contribution in [2.75, 3.05) is 6.54 Å². The van der Waals surface area contributed by atoms with Gasteiger partial charge in [-0.25, -0.2) is 4.68 Å². The zero-order valence-corrected chi connectivity index (χ0v) is 14.9. The van der Waals surface area contributed by atoms with Gasteiger partial charge in [0.1, 0.15) is 0 Å². The van der Waals surface area contributed by atoms with Gasteiger partial charge in [-0.05, 0) is 31.7 Å². The average Bonchev–Trinajstić information content (AvgIpc) is 2.64. The van der Waals surface area contributed by atoms with Crippen molar-refractivity contribution < 1.29 is 14.7 Å². The number of carboxylic acid groups (broad SMARTS) is 1. The maximum Gasteiger partial charge on any atom is 0.303 e. The highest BCUT2D eigenvalue weighted by Crippen LogP contribution is 2.23. The molecule has 1 saturated heterocycles. The Hall–Kier alpha value is -2.70. The van der Waals surface area contributed by atoms with Crippen molar-refractivity contribution in [2.45, 2.75) is 44.6 Å². The van der Waals surface area contributed by atoms with Crippen LogP contribution in [0.3, 0.4) is 0 Å². The summed E-state index contributed by atoms with van der Waals surface area (Å²) in [6.07, 6.45) is 3.42. The molecule has 1 atom stereocenters. The van der Waals surface area contributed by atoms with Crippen molar-refractivity contribution in [3.8, 4) is 0 Å². The Labute approximate surface area is 151 Å². The standard InChI is InChI=1S/C19H23N3O4/c1-21-19(26)15-8-3-2-7-14(15)16(20-21)12-17(23)22-11-5-4-6-13(22)9-10-18(24)25/h2-3,7-8,13H,4-6,9-12H2,1H3,(H,24,25). The molecule has 1 unspecified atom stereocenters. The summed E-state index contributed by atoms with van der Waals surface area (Å²) >= 11 is 0. The third kappa shape index (κ3) is 3.76. The van der Waals surface area contributed by atoms with Gasteiger partial charge in [0.15, 0.2) is 0 Å². The van der Waals surface area contributed by atoms with Crippen LogP contribution in [0.4, 0.5) is 0 Å². The topological polar surface area (TPSA) is 92.5 Å². The summed E-state index contributed by atoms with van der Waals surface area (Å²) in [5, 5.41) is 14.5. The summed E-state index contributed by atoms with van der Waals surface area (Å²) in [7, 11) is 1.58. The van der Waals surface area contributed by atoms with E-state index < -0.39 is 5.97 Å². The molecule has 7 heteroatoms. The van der Waals surface area contributed by atoms with E-state index in [4.69, 9.17) is 5.11 Å². The number of aromatic nitrogens is 2. The highest BCUT2D eigenvalue weighted by molar-refractivity contribution is 5.88. The number of aryl methyl sites for hydroxylation is 1. The quantitative estimate of drug-likeness (QED) is 0.880. The fourth-order valence-electron chi connectivity index (χ4n) is 3.67. The van der Waals surface area contributed by atoms with Crippen LogP contribution in [0.5, 0.6) is 0 Å². The summed E-state index contributed by atoms with van der Waals surface area (Å²) < 4.78 is 1.27. The maximum atomic E-state index is 12.9. The number of hydrogen-bond acceptors (Lipinski definition) is 4. The van der Waals surface area contributed by atoms with E-state index in [0.29, 0.717) is 29.4 Å². The van der Waals surface area contributed by atoms with Crippen LogP contribution in [0.2, 0.25) is 0 Å². The largest absolute Gasteiger partial charge is 0.481 e. The Morgan fingerprint density at radius 2 is 1.96 bits per heavy atom. The van der Waals surface area contributed by atoms with E-state index in [9.17, 15) is 14.4 Å². The van der Waals surface area contributed by atoms with Gasteiger partial charge in [0.25, 0.3) is 5.56 Å². The van der Waals surface area contributed by atoms with Crippen LogP contribution < -0.4 is 5.56 Å². The lowest BCUT2D eigenvalue weighted by Gasteiger charge is -2.35. The number of hydrogen-bond donors (Lipinski definition) is 1. The number of likely N-dealkylation sites (tertiary alicyclic amines) is 1. The van der Waals surface area contributed by atoms with Crippen LogP contribution >= 0.6 is 0 Å². The van der Waals surface area contributed by atoms with Crippen molar-refractivity contribution in [2.24, 2.45) is 7.05 Å². The highest BCUT2D eigenvalue weighted by Gasteiger charge is 2.27. The zero-order valence-electron chi connectivity index (χ0n) is 14.9. The summed E-state index contributed by atoms with van der Waals surface area (Å²) in [6.45, 7) is 0.646. The van der Waals surface area contributed by atoms with E-state index in [1.54, 1.807) is 24.1 Å². The molecule has 1 fully saturated rings. The van der Waals surface area contributed by atoms with Crippen LogP contribution in [0, 0.1) is 0 Å². The van der Waals surface area contributed by atoms with Gasteiger partial charge in [-0.15, -0.1) is 0 Å². The predicted octanol–water partition coefficient (Wildman–Crippen LogP) is 1.72. The fourth-order valence-corrected chi connectivity index (χ4v) is 3.67. The van der Waals surface area contributed by atoms with Crippen molar-refractivity contribution in [3.05, 3.63) is 40.3 Å². The van der Waals surface area contributed by atoms with Crippen LogP contribution in [0.15, 0.2) is 29.1 Å². The van der Waals surface area contributed by atoms with Crippen molar-refractivity contribution >= 4 is 22.6 Å². The molecule has 0 saturated carbocycles. The SMILES string of the molecule is Cn1nc(CC(=O)N2CCCCC2CCC(=O)O)c2ccccc2c1=O. The number of benzene rings is 1. The monoisotopic (exact) mass is 357 g/mol. The number of piperidine rings is 1. The summed E-state index contributed by atoms with van der Waals surface area (Å²) in [6, 6.07) is 7.13. The van der Waals surface area contributed by atoms with Crippen LogP contribution in [0.1, 0.15) is 37.8 Å². The number of carbonyl (C=O) groups excluding carboxylic acids is 1. The van der Waals surface area contributed by atoms with E-state index in [1.165, 1.54) is 4.68 Å². The first kappa shape index (κ1) is 18.1. The number of carbonyl (C=O) groups is 2. The fraction of sp³-hybridized carbons (Fsp3) is 0.474. The lowest BCUT2D eigenvalue weighted by molar-refractivity contribution is -0.139. The lowest BCUT2D eigenvalue weighted by atomic mass is 9.97. The molecule has 0 aliphatic carbocycles. The molecule has 7 nitrogen and oxygen atoms in total. The Morgan fingerprint density at radius 1 is 1.23 bits per heavy atom. The molecular formula is C19H23N3O4. The van der Waals surface area contributed by atoms with Crippen molar-refractivity contribution in [1.29, 1.82) is 0 Å². The van der Waals surface area contributed by atoms with E-state index in [2.05, 4.69) is 5.10 Å². The van der Waals surface area contributed by atoms with Gasteiger partial charge in [-0.3, -0.25) is 14.4 Å². The molecule has 0 spiro atoms. The molecule has 0 radical (unpaired) electrons. The zero-order chi connectivity index (χ0) is 18.7. The number of rotatable bonds is 5. The summed E-state index contributed by atoms with van der Waals surface area (Å²) in [5.74, 6) is -0.898. The second-order valence-electron chi connectivity index (χ2n) is 6.77. The smallest absolute Gasteiger partial charge is 0.303 e. The Kier molecular flexibility index (Phi) is 5.35. The molecule has 1 aliphatic rings. The molecule has 138 valence electrons. The minimum atomic E-state index is -0.839. The minimum Gasteiger partial charge on any atom is -0.481 e. The summed E-state index contributed by atoms with van der Waals surface area (Å²) in [4.78, 5) is 37.8. The molecule has 3 rings (SSSR count). The van der Waals surface area contributed by atoms with Crippen molar-refractivity contribution in [3.63, 3.8) is 0 Å². The average molecular weight is 357 g/mol. The van der Waals surface area contributed by atoms with E-state index in [-0.39, 0.29) is 30.3 Å². The van der Waals surface area contributed by atoms with Gasteiger partial charge in [-0.1, -0.05) is 18.2 Å². The number of fused-ring (bicyclic) bond motifs is 1. The van der Waals surface area contributed by atoms with Crippen LogP contribution in [0.25, 0.3) is 10.8 Å². The van der Waals surface area contributed by atoms with Gasteiger partial charge in [0.05, 0.1) is 17.5 Å². The molecule has 1 N–H and O–H groups in total. The number of aliphatic carboxylic acids is 1. The molecule has 1 amide bonds. The minimum absolute atomic E-state index is 0.0360. The number of carboxylic acids is 1. The van der Waals surface area contributed by atoms with E-state index in [1.807, 2.05) is 12.1 Å². The molecular weight excluding hydrogens is 334 g/mol. The molecule has 0 bridgehead atoms. The molecule has 2 aromatic rings. The van der Waals surface area contributed by atoms with Gasteiger partial charge >= 0.3 is 5.97 Å². The third-order valence-corrected chi connectivity index (χ3v) is 4.99. The van der Waals surface area contributed by atoms with Gasteiger partial charge < -0.3 is 10.0 Å². The third-order valence-electron chi connectivity index (χ3n) is 4.99. The normalized spacial score (nSPS) is 17.4. The van der Waals surface area contributed by atoms with Crippen molar-refractivity contribution in [1.82, 2.24) is 14.7 Å². The molecule has 2 heterocycles. The number of nitrogens with zero attached hydrogens (tertiary/aromatic N) is 3. The molecule has 26 heavy (non-hydrogen) atoms. The van der Waals surface area contributed by atoms with E-state index >= 15 is 0 Å². The maximum absolute atomic E-state index is 12.9. The molecule has 1 aromatic heterocycles. The van der Waals surface area contributed by atoms with Gasteiger partial charge in [0, 0.05) is 31.4 Å². The second kappa shape index (κ2) is 7.68. The Morgan fingerprint density at radius 3 is 2.69 bits per heavy atom. The number of amides is 1. The first-order chi connectivity index (χ1) is 12.5. The second-order valence-corrected chi connectivity index (χ2v) is 6.77. The first-order valence-electron chi connectivity index (χ1n) is 8.93. The Balaban J connectivity index is 1.85. The first-order valence-corrected chi connectivity index (χ1v) is 8.93. The van der Waals surface area contributed by atoms with E-state index in [0.717, 1.165) is 19.3 Å². The van der Waals surface area contributed by atoms with Crippen LogP contribution in [-0.2, 0) is 23.1 Å². The van der Waals surface area contributed by atoms with Gasteiger partial charge in [-0.2, -0.15) is 5.10 Å². The van der Waals surface area contributed by atoms with Crippen LogP contribution in [-0.4, -0.2) is 44.3 Å². The predicted molar refractivity (Wildman–Crippen MR) is 96.9 cm³/mol. The Bertz CT molecular complexity index is 890. The lowest BCUT2D eigenvalue weighted by Crippen LogP contribution is -2.44. The highest BCUT2D eigenvalue weighted by atomic mass is 16.4. The van der Waals surface area contributed by atoms with Gasteiger partial charge in [0.2, 0.25) is 5.91 Å². The summed E-state index contributed by atoms with van der Waals surface area (Å²) in [5.41, 5.74) is 0.393. The molecule has 1 aliphatic heterocycles.